The van der Waals surface area contributed by atoms with Gasteiger partial charge in [-0.25, -0.2) is 0 Å². The molecule has 0 spiro atoms. The van der Waals surface area contributed by atoms with Crippen LogP contribution in [0, 0.1) is 72.1 Å². The van der Waals surface area contributed by atoms with Crippen LogP contribution < -0.4 is 9.47 Å². The Morgan fingerprint density at radius 1 is 0.587 bits per heavy atom. The average molecular weight is 617 g/mol. The Bertz CT molecular complexity index is 1580. The van der Waals surface area contributed by atoms with Crippen molar-refractivity contribution in [1.29, 1.82) is 0 Å². The van der Waals surface area contributed by atoms with Gasteiger partial charge >= 0.3 is 0 Å². The number of carbonyl (C=O) groups excluding carboxylic acids is 1. The van der Waals surface area contributed by atoms with Crippen molar-refractivity contribution in [1.82, 2.24) is 0 Å². The molecule has 3 aliphatic rings. The quantitative estimate of drug-likeness (QED) is 0.209. The Balaban J connectivity index is 0.000000168. The number of ketones is 1. The first-order chi connectivity index (χ1) is 22.0. The zero-order valence-corrected chi connectivity index (χ0v) is 29.2. The van der Waals surface area contributed by atoms with Crippen LogP contribution in [0.2, 0.25) is 0 Å². The van der Waals surface area contributed by atoms with Gasteiger partial charge in [0, 0.05) is 11.1 Å². The number of hydrogen-bond acceptors (Lipinski definition) is 3. The smallest absolute Gasteiger partial charge is 0.193 e. The SMILES string of the molecule is C1CC2C3CCC(C3)C2C1.COc1ccc(C(=O)c2ccc(Oc3c(C)cc(C)cc3C)cc2)cc1.Cc1cc(C)c(C)c(C)c1. The number of ether oxygens (including phenoxy) is 2. The molecule has 0 heterocycles. The van der Waals surface area contributed by atoms with E-state index in [9.17, 15) is 4.79 Å². The van der Waals surface area contributed by atoms with Gasteiger partial charge in [-0.3, -0.25) is 4.79 Å². The Morgan fingerprint density at radius 3 is 1.48 bits per heavy atom. The molecule has 242 valence electrons. The fourth-order valence-corrected chi connectivity index (χ4v) is 8.30. The van der Waals surface area contributed by atoms with E-state index in [-0.39, 0.29) is 5.78 Å². The van der Waals surface area contributed by atoms with Crippen molar-refractivity contribution in [2.24, 2.45) is 23.7 Å². The second-order valence-corrected chi connectivity index (χ2v) is 14.0. The normalized spacial score (nSPS) is 20.6. The van der Waals surface area contributed by atoms with E-state index in [0.29, 0.717) is 16.9 Å². The molecule has 7 rings (SSSR count). The molecule has 0 amide bonds. The lowest BCUT2D eigenvalue weighted by Gasteiger charge is -2.23. The predicted molar refractivity (Wildman–Crippen MR) is 191 cm³/mol. The number of methoxy groups -OCH3 is 1. The van der Waals surface area contributed by atoms with Crippen molar-refractivity contribution in [2.45, 2.75) is 87.0 Å². The van der Waals surface area contributed by atoms with Crippen LogP contribution in [-0.4, -0.2) is 12.9 Å². The number of hydrogen-bond donors (Lipinski definition) is 0. The Labute approximate surface area is 277 Å². The minimum atomic E-state index is -0.0260. The molecule has 3 saturated carbocycles. The molecular formula is C43H52O3. The molecule has 3 heteroatoms. The Hall–Kier alpha value is -3.85. The van der Waals surface area contributed by atoms with Gasteiger partial charge in [-0.15, -0.1) is 0 Å². The van der Waals surface area contributed by atoms with Crippen LogP contribution in [0.15, 0.2) is 72.8 Å². The third kappa shape index (κ3) is 7.74. The van der Waals surface area contributed by atoms with Crippen LogP contribution >= 0.6 is 0 Å². The topological polar surface area (TPSA) is 35.5 Å². The van der Waals surface area contributed by atoms with Gasteiger partial charge in [-0.2, -0.15) is 0 Å². The zero-order valence-electron chi connectivity index (χ0n) is 29.2. The third-order valence-electron chi connectivity index (χ3n) is 10.7. The molecule has 2 bridgehead atoms. The van der Waals surface area contributed by atoms with Crippen molar-refractivity contribution in [3.63, 3.8) is 0 Å². The maximum absolute atomic E-state index is 12.6. The molecule has 4 atom stereocenters. The lowest BCUT2D eigenvalue weighted by Crippen LogP contribution is -2.15. The number of benzene rings is 4. The van der Waals surface area contributed by atoms with Gasteiger partial charge in [-0.1, -0.05) is 41.8 Å². The van der Waals surface area contributed by atoms with Crippen molar-refractivity contribution >= 4 is 5.78 Å². The maximum Gasteiger partial charge on any atom is 0.193 e. The van der Waals surface area contributed by atoms with Gasteiger partial charge in [0.2, 0.25) is 0 Å². The molecule has 4 unspecified atom stereocenters. The lowest BCUT2D eigenvalue weighted by molar-refractivity contribution is 0.103. The van der Waals surface area contributed by atoms with E-state index in [4.69, 9.17) is 9.47 Å². The van der Waals surface area contributed by atoms with E-state index in [1.54, 1.807) is 82.0 Å². The second-order valence-electron chi connectivity index (χ2n) is 14.0. The van der Waals surface area contributed by atoms with Crippen molar-refractivity contribution in [3.8, 4) is 17.2 Å². The molecule has 0 aliphatic heterocycles. The van der Waals surface area contributed by atoms with Crippen molar-refractivity contribution in [3.05, 3.63) is 123 Å². The summed E-state index contributed by atoms with van der Waals surface area (Å²) in [5.41, 5.74) is 10.3. The van der Waals surface area contributed by atoms with Gasteiger partial charge in [0.05, 0.1) is 7.11 Å². The fraction of sp³-hybridized carbons (Fsp3) is 0.419. The highest BCUT2D eigenvalue weighted by molar-refractivity contribution is 6.09. The lowest BCUT2D eigenvalue weighted by atomic mass is 9.82. The molecule has 4 aromatic carbocycles. The Morgan fingerprint density at radius 2 is 1.02 bits per heavy atom. The predicted octanol–water partition coefficient (Wildman–Crippen LogP) is 11.4. The molecule has 4 aromatic rings. The van der Waals surface area contributed by atoms with Crippen molar-refractivity contribution < 1.29 is 14.3 Å². The second kappa shape index (κ2) is 14.7. The first-order valence-electron chi connectivity index (χ1n) is 17.1. The first kappa shape index (κ1) is 33.5. The van der Waals surface area contributed by atoms with E-state index >= 15 is 0 Å². The summed E-state index contributed by atoms with van der Waals surface area (Å²) in [7, 11) is 1.60. The molecule has 3 fully saturated rings. The van der Waals surface area contributed by atoms with Gasteiger partial charge in [0.1, 0.15) is 17.2 Å². The molecule has 46 heavy (non-hydrogen) atoms. The summed E-state index contributed by atoms with van der Waals surface area (Å²) < 4.78 is 11.2. The molecular weight excluding hydrogens is 564 g/mol. The molecule has 0 N–H and O–H groups in total. The molecule has 0 aromatic heterocycles. The van der Waals surface area contributed by atoms with E-state index in [0.717, 1.165) is 22.6 Å². The average Bonchev–Trinajstić information content (AvgIpc) is 3.79. The largest absolute Gasteiger partial charge is 0.497 e. The summed E-state index contributed by atoms with van der Waals surface area (Å²) >= 11 is 0. The molecule has 3 aliphatic carbocycles. The highest BCUT2D eigenvalue weighted by atomic mass is 16.5. The number of rotatable bonds is 5. The summed E-state index contributed by atoms with van der Waals surface area (Å²) in [6, 6.07) is 23.0. The van der Waals surface area contributed by atoms with Crippen LogP contribution in [0.1, 0.15) is 93.4 Å². The van der Waals surface area contributed by atoms with Crippen LogP contribution in [0.5, 0.6) is 17.2 Å². The minimum Gasteiger partial charge on any atom is -0.497 e. The molecule has 0 saturated heterocycles. The highest BCUT2D eigenvalue weighted by Gasteiger charge is 2.48. The summed E-state index contributed by atoms with van der Waals surface area (Å²) in [6.07, 6.45) is 9.53. The van der Waals surface area contributed by atoms with Gasteiger partial charge in [-0.05, 0) is 181 Å². The maximum atomic E-state index is 12.6. The highest BCUT2D eigenvalue weighted by Crippen LogP contribution is 2.58. The third-order valence-corrected chi connectivity index (χ3v) is 10.7. The number of aryl methyl sites for hydroxylation is 6. The van der Waals surface area contributed by atoms with Crippen LogP contribution in [-0.2, 0) is 0 Å². The van der Waals surface area contributed by atoms with E-state index in [2.05, 4.69) is 58.9 Å². The summed E-state index contributed by atoms with van der Waals surface area (Å²) in [5.74, 6) is 7.08. The summed E-state index contributed by atoms with van der Waals surface area (Å²) in [6.45, 7) is 14.8. The van der Waals surface area contributed by atoms with Gasteiger partial charge in [0.25, 0.3) is 0 Å². The first-order valence-corrected chi connectivity index (χ1v) is 17.1. The number of fused-ring (bicyclic) bond motifs is 5. The minimum absolute atomic E-state index is 0.0260. The zero-order chi connectivity index (χ0) is 33.0. The van der Waals surface area contributed by atoms with E-state index in [1.807, 2.05) is 26.0 Å². The van der Waals surface area contributed by atoms with Crippen LogP contribution in [0.4, 0.5) is 0 Å². The monoisotopic (exact) mass is 616 g/mol. The molecule has 3 nitrogen and oxygen atoms in total. The van der Waals surface area contributed by atoms with Crippen LogP contribution in [0.3, 0.4) is 0 Å². The van der Waals surface area contributed by atoms with Gasteiger partial charge in [0.15, 0.2) is 5.78 Å². The number of carbonyl (C=O) groups is 1. The van der Waals surface area contributed by atoms with E-state index in [1.165, 1.54) is 51.5 Å². The fourth-order valence-electron chi connectivity index (χ4n) is 8.30. The summed E-state index contributed by atoms with van der Waals surface area (Å²) in [5, 5.41) is 0. The van der Waals surface area contributed by atoms with E-state index < -0.39 is 0 Å². The van der Waals surface area contributed by atoms with Crippen molar-refractivity contribution in [2.75, 3.05) is 7.11 Å². The van der Waals surface area contributed by atoms with Gasteiger partial charge < -0.3 is 9.47 Å². The standard InChI is InChI=1S/C23H22O3.C10H16.C10H14/c1-15-13-16(2)23(17(3)14-15)26-21-11-7-19(8-12-21)22(24)18-5-9-20(25-4)10-6-18;1-2-9-7-4-5-8(6-7)10(9)3-1;1-7-5-8(2)10(4)9(3)6-7/h5-14H,1-4H3;7-10H,1-6H2;5-6H,1-4H3. The Kier molecular flexibility index (Phi) is 10.7. The molecule has 0 radical (unpaired) electrons. The summed E-state index contributed by atoms with van der Waals surface area (Å²) in [4.78, 5) is 12.6. The van der Waals surface area contributed by atoms with Crippen LogP contribution in [0.25, 0.3) is 0 Å².